The molecule has 1 aliphatic carbocycles. The average Bonchev–Trinajstić information content (AvgIpc) is 3.27. The summed E-state index contributed by atoms with van der Waals surface area (Å²) >= 11 is 7.51. The molecule has 4 N–H and O–H groups in total. The maximum absolute atomic E-state index is 14.1. The number of ketones is 1. The number of nitrogen functional groups attached to an aromatic ring is 1. The smallest absolute Gasteiger partial charge is 0.219 e. The van der Waals surface area contributed by atoms with E-state index in [1.165, 1.54) is 47.2 Å². The second-order valence-electron chi connectivity index (χ2n) is 9.55. The Kier molecular flexibility index (Phi) is 10.1. The van der Waals surface area contributed by atoms with Crippen molar-refractivity contribution in [2.24, 2.45) is 0 Å². The van der Waals surface area contributed by atoms with Crippen LogP contribution in [0, 0.1) is 12.7 Å². The second kappa shape index (κ2) is 13.7. The molecule has 12 heteroatoms. The van der Waals surface area contributed by atoms with Gasteiger partial charge in [-0.3, -0.25) is 9.18 Å². The van der Waals surface area contributed by atoms with Crippen LogP contribution in [0.5, 0.6) is 11.6 Å². The van der Waals surface area contributed by atoms with E-state index in [-0.39, 0.29) is 40.4 Å². The van der Waals surface area contributed by atoms with Gasteiger partial charge >= 0.3 is 0 Å². The van der Waals surface area contributed by atoms with Crippen LogP contribution in [0.1, 0.15) is 42.6 Å². The number of allylic oxidation sites excluding steroid dienone is 5. The Hall–Kier alpha value is -4.09. The van der Waals surface area contributed by atoms with Gasteiger partial charge in [-0.1, -0.05) is 48.3 Å². The Morgan fingerprint density at radius 1 is 1.29 bits per heavy atom. The number of benzene rings is 1. The molecule has 1 aliphatic rings. The third-order valence-corrected chi connectivity index (χ3v) is 7.60. The van der Waals surface area contributed by atoms with Crippen molar-refractivity contribution >= 4 is 35.1 Å². The highest BCUT2D eigenvalue weighted by atomic mass is 35.5. The van der Waals surface area contributed by atoms with Crippen LogP contribution in [0.2, 0.25) is 5.02 Å². The molecule has 3 aromatic rings. The number of hydrogen-bond acceptors (Lipinski definition) is 8. The number of hydrogen-bond donors (Lipinski definition) is 3. The lowest BCUT2D eigenvalue weighted by Crippen LogP contribution is -2.21. The summed E-state index contributed by atoms with van der Waals surface area (Å²) in [7, 11) is 0. The van der Waals surface area contributed by atoms with Crippen LogP contribution < -0.4 is 20.5 Å². The highest BCUT2D eigenvalue weighted by Gasteiger charge is 2.21. The molecule has 8 nitrogen and oxygen atoms in total. The van der Waals surface area contributed by atoms with Crippen LogP contribution in [-0.4, -0.2) is 33.0 Å². The fourth-order valence-electron chi connectivity index (χ4n) is 4.15. The average molecular weight is 613 g/mol. The number of aryl methyl sites for hydroxylation is 1. The minimum atomic E-state index is -0.613. The van der Waals surface area contributed by atoms with E-state index in [0.717, 1.165) is 22.5 Å². The molecule has 0 unspecified atom stereocenters. The van der Waals surface area contributed by atoms with E-state index in [1.807, 2.05) is 26.0 Å². The van der Waals surface area contributed by atoms with Crippen molar-refractivity contribution in [3.63, 3.8) is 0 Å². The van der Waals surface area contributed by atoms with Crippen molar-refractivity contribution in [3.05, 3.63) is 106 Å². The number of nitrogens with zero attached hydrogens (tertiary/aromatic N) is 3. The van der Waals surface area contributed by atoms with Gasteiger partial charge in [0.15, 0.2) is 11.6 Å². The topological polar surface area (TPSA) is 107 Å². The zero-order chi connectivity index (χ0) is 30.4. The number of pyridine rings is 1. The van der Waals surface area contributed by atoms with Gasteiger partial charge in [-0.05, 0) is 56.0 Å². The van der Waals surface area contributed by atoms with Crippen molar-refractivity contribution < 1.29 is 18.3 Å². The number of rotatable bonds is 12. The van der Waals surface area contributed by atoms with E-state index in [2.05, 4.69) is 26.7 Å². The van der Waals surface area contributed by atoms with E-state index >= 15 is 0 Å². The third-order valence-electron chi connectivity index (χ3n) is 6.45. The predicted octanol–water partition coefficient (Wildman–Crippen LogP) is 7.13. The fourth-order valence-corrected chi connectivity index (χ4v) is 5.11. The molecular weight excluding hydrogens is 582 g/mol. The summed E-state index contributed by atoms with van der Waals surface area (Å²) in [5, 5.41) is 7.57. The molecule has 0 fully saturated rings. The number of nitrogens with one attached hydrogen (secondary N) is 2. The summed E-state index contributed by atoms with van der Waals surface area (Å²) in [4.78, 5) is 17.6. The molecule has 0 saturated carbocycles. The molecule has 0 radical (unpaired) electrons. The fraction of sp³-hybridized carbons (Fsp3) is 0.233. The maximum Gasteiger partial charge on any atom is 0.219 e. The highest BCUT2D eigenvalue weighted by Crippen LogP contribution is 2.32. The predicted molar refractivity (Wildman–Crippen MR) is 164 cm³/mol. The number of halogens is 3. The summed E-state index contributed by atoms with van der Waals surface area (Å²) in [5.41, 5.74) is 11.6. The first-order valence-corrected chi connectivity index (χ1v) is 14.4. The molecule has 2 heterocycles. The van der Waals surface area contributed by atoms with Crippen molar-refractivity contribution in [2.75, 3.05) is 18.2 Å². The van der Waals surface area contributed by atoms with Gasteiger partial charge < -0.3 is 20.5 Å². The number of carbonyl (C=O) groups is 1. The standard InChI is InChI=1S/C30H31ClF2N6O2S/c1-17-13-18(2)25(38-42-12-6-11-32)10-9-24(17)37-20(4)28(40)21-15-36-39(30(21)34)26-16-35-27(14-19(26)3)41-29-22(31)7-5-8-23(29)33/h5,7-8,10,13-16,37-38H,4,6,9,11-12,34H2,1-3H3. The molecule has 4 rings (SSSR count). The lowest BCUT2D eigenvalue weighted by Gasteiger charge is -2.13. The van der Waals surface area contributed by atoms with Gasteiger partial charge in [0.2, 0.25) is 11.7 Å². The Morgan fingerprint density at radius 3 is 2.79 bits per heavy atom. The Bertz CT molecular complexity index is 1590. The van der Waals surface area contributed by atoms with Crippen molar-refractivity contribution in [1.29, 1.82) is 0 Å². The number of nitrogens with two attached hydrogens (primary N) is 1. The maximum atomic E-state index is 14.1. The van der Waals surface area contributed by atoms with Crippen molar-refractivity contribution in [1.82, 2.24) is 24.8 Å². The molecule has 220 valence electrons. The molecule has 2 aromatic heterocycles. The van der Waals surface area contributed by atoms with Gasteiger partial charge in [-0.15, -0.1) is 0 Å². The molecule has 0 bridgehead atoms. The first-order valence-electron chi connectivity index (χ1n) is 13.1. The van der Waals surface area contributed by atoms with Crippen LogP contribution in [0.4, 0.5) is 14.6 Å². The van der Waals surface area contributed by atoms with Gasteiger partial charge in [0.1, 0.15) is 5.82 Å². The molecule has 0 aliphatic heterocycles. The normalized spacial score (nSPS) is 13.3. The SMILES string of the molecule is C=C(NC1=C(C)C=C(C)C(NSCCCF)=CC1)C(=O)c1cnn(-c2cnc(Oc3c(F)cccc3Cl)cc2C)c1N. The van der Waals surface area contributed by atoms with Crippen LogP contribution >= 0.6 is 23.5 Å². The monoisotopic (exact) mass is 612 g/mol. The van der Waals surface area contributed by atoms with Crippen molar-refractivity contribution in [2.45, 2.75) is 33.6 Å². The largest absolute Gasteiger partial charge is 0.434 e. The Balaban J connectivity index is 1.47. The molecular formula is C30H31ClF2N6O2S. The first kappa shape index (κ1) is 30.9. The zero-order valence-corrected chi connectivity index (χ0v) is 25.0. The summed E-state index contributed by atoms with van der Waals surface area (Å²) < 4.78 is 36.8. The zero-order valence-electron chi connectivity index (χ0n) is 23.4. The molecule has 1 aromatic carbocycles. The lowest BCUT2D eigenvalue weighted by molar-refractivity contribution is 0.102. The van der Waals surface area contributed by atoms with Crippen LogP contribution in [0.25, 0.3) is 5.69 Å². The first-order chi connectivity index (χ1) is 20.1. The molecule has 42 heavy (non-hydrogen) atoms. The van der Waals surface area contributed by atoms with Crippen LogP contribution in [-0.2, 0) is 0 Å². The molecule has 0 saturated heterocycles. The summed E-state index contributed by atoms with van der Waals surface area (Å²) in [6.07, 6.45) is 7.89. The van der Waals surface area contributed by atoms with Crippen LogP contribution in [0.15, 0.2) is 83.6 Å². The highest BCUT2D eigenvalue weighted by molar-refractivity contribution is 7.97. The van der Waals surface area contributed by atoms with Gasteiger partial charge in [0, 0.05) is 29.6 Å². The third kappa shape index (κ3) is 7.03. The number of para-hydroxylation sites is 1. The number of Topliss-reactive ketones (excluding diaryl/α,β-unsaturated/α-hetero) is 1. The number of carbonyl (C=O) groups excluding carboxylic acids is 1. The number of aromatic nitrogens is 3. The van der Waals surface area contributed by atoms with E-state index in [1.54, 1.807) is 13.0 Å². The number of ether oxygens (including phenoxy) is 1. The second-order valence-corrected chi connectivity index (χ2v) is 10.9. The van der Waals surface area contributed by atoms with Crippen molar-refractivity contribution in [3.8, 4) is 17.3 Å². The van der Waals surface area contributed by atoms with Crippen LogP contribution in [0.3, 0.4) is 0 Å². The van der Waals surface area contributed by atoms with Gasteiger partial charge in [0.05, 0.1) is 41.0 Å². The van der Waals surface area contributed by atoms with Gasteiger partial charge in [-0.2, -0.15) is 5.10 Å². The van der Waals surface area contributed by atoms with E-state index < -0.39 is 11.6 Å². The van der Waals surface area contributed by atoms with E-state index in [4.69, 9.17) is 22.1 Å². The molecule has 0 atom stereocenters. The minimum absolute atomic E-state index is 0.109. The van der Waals surface area contributed by atoms with E-state index in [9.17, 15) is 13.6 Å². The number of anilines is 1. The lowest BCUT2D eigenvalue weighted by atomic mass is 10.1. The Morgan fingerprint density at radius 2 is 2.07 bits per heavy atom. The molecule has 0 spiro atoms. The number of alkyl halides is 1. The Labute approximate surface area is 252 Å². The molecule has 0 amide bonds. The van der Waals surface area contributed by atoms with Gasteiger partial charge in [0.25, 0.3) is 0 Å². The quantitative estimate of drug-likeness (QED) is 0.0858. The van der Waals surface area contributed by atoms with Gasteiger partial charge in [-0.25, -0.2) is 14.1 Å². The summed E-state index contributed by atoms with van der Waals surface area (Å²) in [6, 6.07) is 5.83. The van der Waals surface area contributed by atoms with E-state index in [0.29, 0.717) is 29.8 Å². The summed E-state index contributed by atoms with van der Waals surface area (Å²) in [6.45, 7) is 9.32. The summed E-state index contributed by atoms with van der Waals surface area (Å²) in [5.74, 6) is -0.251. The minimum Gasteiger partial charge on any atom is -0.434 e.